The third-order valence-corrected chi connectivity index (χ3v) is 16.3. The van der Waals surface area contributed by atoms with E-state index in [4.69, 9.17) is 0 Å². The minimum atomic E-state index is -4.45. The van der Waals surface area contributed by atoms with Crippen molar-refractivity contribution >= 4 is 21.8 Å². The van der Waals surface area contributed by atoms with Crippen molar-refractivity contribution in [3.63, 3.8) is 0 Å². The lowest BCUT2D eigenvalue weighted by Gasteiger charge is -2.39. The van der Waals surface area contributed by atoms with Crippen LogP contribution in [0.3, 0.4) is 0 Å². The molecule has 6 heterocycles. The van der Waals surface area contributed by atoms with E-state index in [-0.39, 0.29) is 0 Å². The molecule has 0 radical (unpaired) electrons. The summed E-state index contributed by atoms with van der Waals surface area (Å²) in [5, 5.41) is 27.9. The molecule has 2 saturated heterocycles. The Labute approximate surface area is 471 Å². The molecule has 424 valence electrons. The van der Waals surface area contributed by atoms with Gasteiger partial charge in [-0.2, -0.15) is 35.7 Å². The number of benzene rings is 6. The van der Waals surface area contributed by atoms with Crippen molar-refractivity contribution in [3.05, 3.63) is 213 Å². The van der Waals surface area contributed by atoms with E-state index >= 15 is 0 Å². The summed E-state index contributed by atoms with van der Waals surface area (Å²) < 4.78 is 90.4. The number of nitrogens with zero attached hydrogens (tertiary/aromatic N) is 14. The average molecular weight is 1120 g/mol. The summed E-state index contributed by atoms with van der Waals surface area (Å²) in [5.74, 6) is 1.01. The molecule has 0 amide bonds. The van der Waals surface area contributed by atoms with Crippen LogP contribution in [0.1, 0.15) is 79.6 Å². The lowest BCUT2D eigenvalue weighted by atomic mass is 10.00. The largest absolute Gasteiger partial charge is 0.416 e. The summed E-state index contributed by atoms with van der Waals surface area (Å²) in [7, 11) is 4.18. The molecule has 2 aliphatic rings. The third-order valence-electron chi connectivity index (χ3n) is 16.3. The van der Waals surface area contributed by atoms with Gasteiger partial charge in [-0.15, -0.1) is 10.2 Å². The first kappa shape index (κ1) is 55.8. The molecule has 0 aliphatic carbocycles. The quantitative estimate of drug-likeness (QED) is 0.110. The van der Waals surface area contributed by atoms with Gasteiger partial charge in [0.2, 0.25) is 0 Å². The molecule has 6 aromatic carbocycles. The Kier molecular flexibility index (Phi) is 15.7. The fourth-order valence-corrected chi connectivity index (χ4v) is 12.0. The molecule has 2 atom stereocenters. The zero-order chi connectivity index (χ0) is 57.5. The first-order valence-corrected chi connectivity index (χ1v) is 27.4. The summed E-state index contributed by atoms with van der Waals surface area (Å²) in [4.78, 5) is 9.18. The normalized spacial score (nSPS) is 16.0. The highest BCUT2D eigenvalue weighted by atomic mass is 19.4. The van der Waals surface area contributed by atoms with Gasteiger partial charge in [0.15, 0.2) is 11.6 Å². The topological polar surface area (TPSA) is 110 Å². The van der Waals surface area contributed by atoms with E-state index in [1.807, 2.05) is 88.4 Å². The molecular weight excluding hydrogens is 1050 g/mol. The number of piperazine rings is 2. The maximum absolute atomic E-state index is 13.8. The summed E-state index contributed by atoms with van der Waals surface area (Å²) in [5.41, 5.74) is 10.2. The monoisotopic (exact) mass is 1120 g/mol. The van der Waals surface area contributed by atoms with Crippen LogP contribution in [0.4, 0.5) is 26.3 Å². The van der Waals surface area contributed by atoms with Gasteiger partial charge in [0.25, 0.3) is 0 Å². The molecule has 0 spiro atoms. The highest BCUT2D eigenvalue weighted by molar-refractivity contribution is 5.82. The van der Waals surface area contributed by atoms with E-state index in [0.717, 1.165) is 85.0 Å². The lowest BCUT2D eigenvalue weighted by Crippen LogP contribution is -2.48. The average Bonchev–Trinajstić information content (AvgIpc) is 4.33. The first-order valence-electron chi connectivity index (χ1n) is 27.4. The number of halogens is 6. The predicted molar refractivity (Wildman–Crippen MR) is 303 cm³/mol. The number of para-hydroxylation sites is 4. The maximum Gasteiger partial charge on any atom is 0.416 e. The smallest absolute Gasteiger partial charge is 0.346 e. The second kappa shape index (κ2) is 23.1. The van der Waals surface area contributed by atoms with Gasteiger partial charge in [0.05, 0.1) is 34.6 Å². The number of rotatable bonds is 12. The Morgan fingerprint density at radius 2 is 0.780 bits per heavy atom. The summed E-state index contributed by atoms with van der Waals surface area (Å²) in [6.45, 7) is 15.2. The summed E-state index contributed by atoms with van der Waals surface area (Å²) in [6.07, 6.45) is -8.90. The van der Waals surface area contributed by atoms with Gasteiger partial charge in [-0.3, -0.25) is 19.6 Å². The van der Waals surface area contributed by atoms with Crippen LogP contribution in [0.15, 0.2) is 146 Å². The van der Waals surface area contributed by atoms with Gasteiger partial charge in [0, 0.05) is 102 Å². The van der Waals surface area contributed by atoms with Crippen LogP contribution < -0.4 is 0 Å². The zero-order valence-corrected chi connectivity index (χ0v) is 46.6. The predicted octanol–water partition coefficient (Wildman–Crippen LogP) is 11.4. The van der Waals surface area contributed by atoms with Crippen molar-refractivity contribution in [2.45, 2.75) is 65.2 Å². The molecule has 2 aliphatic heterocycles. The summed E-state index contributed by atoms with van der Waals surface area (Å²) in [6, 6.07) is 43.0. The molecular formula is C62H64F6N14. The molecule has 82 heavy (non-hydrogen) atoms. The van der Waals surface area contributed by atoms with Gasteiger partial charge < -0.3 is 9.13 Å². The molecule has 0 bridgehead atoms. The van der Waals surface area contributed by atoms with Crippen LogP contribution in [0, 0.1) is 27.7 Å². The first-order chi connectivity index (χ1) is 39.4. The molecule has 4 aromatic heterocycles. The lowest BCUT2D eigenvalue weighted by molar-refractivity contribution is -0.138. The summed E-state index contributed by atoms with van der Waals surface area (Å²) >= 11 is 0. The molecule has 14 nitrogen and oxygen atoms in total. The number of hydrogen-bond donors (Lipinski definition) is 0. The van der Waals surface area contributed by atoms with E-state index in [0.29, 0.717) is 49.0 Å². The van der Waals surface area contributed by atoms with Crippen molar-refractivity contribution in [1.82, 2.24) is 69.1 Å². The van der Waals surface area contributed by atoms with Crippen molar-refractivity contribution in [2.75, 3.05) is 52.4 Å². The number of tetrazole rings is 2. The minimum absolute atomic E-state index is 0.504. The molecule has 0 unspecified atom stereocenters. The molecule has 10 aromatic rings. The van der Waals surface area contributed by atoms with Crippen LogP contribution in [0.5, 0.6) is 0 Å². The molecule has 2 fully saturated rings. The fraction of sp³-hybridized carbons (Fsp3) is 0.323. The van der Waals surface area contributed by atoms with Crippen molar-refractivity contribution < 1.29 is 26.3 Å². The van der Waals surface area contributed by atoms with E-state index in [9.17, 15) is 26.3 Å². The number of aryl methyl sites for hydroxylation is 6. The van der Waals surface area contributed by atoms with Crippen molar-refractivity contribution in [2.24, 2.45) is 14.1 Å². The Morgan fingerprint density at radius 1 is 0.427 bits per heavy atom. The van der Waals surface area contributed by atoms with E-state index in [1.165, 1.54) is 57.5 Å². The highest BCUT2D eigenvalue weighted by Crippen LogP contribution is 2.38. The van der Waals surface area contributed by atoms with Crippen LogP contribution in [0.2, 0.25) is 0 Å². The molecule has 12 rings (SSSR count). The van der Waals surface area contributed by atoms with Crippen molar-refractivity contribution in [1.29, 1.82) is 0 Å². The minimum Gasteiger partial charge on any atom is -0.346 e. The van der Waals surface area contributed by atoms with Gasteiger partial charge in [0.1, 0.15) is 0 Å². The number of hydrogen-bond acceptors (Lipinski definition) is 10. The number of aromatic nitrogens is 10. The Balaban J connectivity index is 0.000000172. The van der Waals surface area contributed by atoms with Crippen LogP contribution in [-0.4, -0.2) is 122 Å². The van der Waals surface area contributed by atoms with Gasteiger partial charge >= 0.3 is 12.4 Å². The Hall–Kier alpha value is -8.04. The Morgan fingerprint density at radius 3 is 1.13 bits per heavy atom. The molecule has 0 saturated carbocycles. The molecule has 0 N–H and O–H groups in total. The van der Waals surface area contributed by atoms with Crippen LogP contribution in [-0.2, 0) is 39.5 Å². The van der Waals surface area contributed by atoms with E-state index in [2.05, 4.69) is 110 Å². The van der Waals surface area contributed by atoms with Gasteiger partial charge in [-0.1, -0.05) is 97.1 Å². The number of alkyl halides is 6. The second-order valence-corrected chi connectivity index (χ2v) is 21.6. The number of fused-ring (bicyclic) bond motifs is 2. The fourth-order valence-electron chi connectivity index (χ4n) is 12.0. The van der Waals surface area contributed by atoms with Crippen LogP contribution in [0.25, 0.3) is 33.2 Å². The second-order valence-electron chi connectivity index (χ2n) is 21.6. The van der Waals surface area contributed by atoms with Gasteiger partial charge in [-0.25, -0.2) is 0 Å². The Bertz CT molecular complexity index is 3570. The SMILES string of the molecule is Cc1cccc(C)c1-n1nnnc1[C@@H](c1cccc(C(F)(F)F)c1)N1CCN(Cc2cc3ccccc3n2C)CC1.Cc1cccc(C)c1-n1nnnc1[C@H](c1cccc(C(F)(F)F)c1)N1CCN(Cc2cc3ccccc3n2C)CC1. The van der Waals surface area contributed by atoms with Crippen LogP contribution >= 0.6 is 0 Å². The maximum atomic E-state index is 13.8. The standard InChI is InChI=1S/2C31H32F3N7/c2*1-21-8-6-9-22(2)28(21)41-30(35-36-37-41)29(24-11-7-12-25(18-24)31(32,33)34)40-16-14-39(15-17-40)20-26-19-23-10-4-5-13-27(23)38(26)3/h2*4-13,18-19,29H,14-17,20H2,1-3H3/t2*29-/m10/s1. The third kappa shape index (κ3) is 11.4. The van der Waals surface area contributed by atoms with E-state index < -0.39 is 35.6 Å². The molecule has 20 heteroatoms. The van der Waals surface area contributed by atoms with Crippen molar-refractivity contribution in [3.8, 4) is 11.4 Å². The van der Waals surface area contributed by atoms with Gasteiger partial charge in [-0.05, 0) is 141 Å². The van der Waals surface area contributed by atoms with E-state index in [1.54, 1.807) is 21.5 Å². The highest BCUT2D eigenvalue weighted by Gasteiger charge is 2.38. The zero-order valence-electron chi connectivity index (χ0n) is 46.6.